The van der Waals surface area contributed by atoms with E-state index < -0.39 is 0 Å². The van der Waals surface area contributed by atoms with E-state index in [-0.39, 0.29) is 11.7 Å². The molecule has 20 heavy (non-hydrogen) atoms. The second kappa shape index (κ2) is 6.31. The molecule has 0 aliphatic heterocycles. The van der Waals surface area contributed by atoms with E-state index in [1.807, 2.05) is 22.6 Å². The Hall–Kier alpha value is -0.800. The number of anilines is 2. The highest BCUT2D eigenvalue weighted by Gasteiger charge is 2.13. The lowest BCUT2D eigenvalue weighted by Crippen LogP contribution is -2.13. The summed E-state index contributed by atoms with van der Waals surface area (Å²) in [7, 11) is 0. The number of amides is 1. The van der Waals surface area contributed by atoms with Crippen molar-refractivity contribution in [3.05, 3.63) is 48.4 Å². The summed E-state index contributed by atoms with van der Waals surface area (Å²) < 4.78 is 2.17. The summed E-state index contributed by atoms with van der Waals surface area (Å²) in [6.07, 6.45) is 0. The number of phenolic OH excluding ortho intramolecular Hbond substituents is 1. The average molecular weight is 512 g/mol. The lowest BCUT2D eigenvalue weighted by Gasteiger charge is -2.11. The van der Waals surface area contributed by atoms with Crippen molar-refractivity contribution >= 4 is 71.7 Å². The van der Waals surface area contributed by atoms with E-state index in [1.165, 1.54) is 6.07 Å². The van der Waals surface area contributed by atoms with Crippen molar-refractivity contribution < 1.29 is 9.90 Å². The minimum atomic E-state index is -0.341. The van der Waals surface area contributed by atoms with E-state index in [9.17, 15) is 9.90 Å². The first-order valence-electron chi connectivity index (χ1n) is 5.43. The molecule has 0 aliphatic carbocycles. The molecule has 4 N–H and O–H groups in total. The number of hydrogen-bond donors (Lipinski definition) is 3. The fourth-order valence-corrected chi connectivity index (χ4v) is 3.26. The van der Waals surface area contributed by atoms with Gasteiger partial charge in [0.15, 0.2) is 0 Å². The molecule has 0 heterocycles. The number of carbonyl (C=O) groups excluding carboxylic acids is 1. The zero-order valence-corrected chi connectivity index (χ0v) is 15.3. The van der Waals surface area contributed by atoms with Gasteiger partial charge in [-0.2, -0.15) is 0 Å². The number of hydrogen-bond acceptors (Lipinski definition) is 3. The number of nitrogen functional groups attached to an aromatic ring is 1. The molecule has 0 spiro atoms. The van der Waals surface area contributed by atoms with E-state index in [4.69, 9.17) is 5.73 Å². The van der Waals surface area contributed by atoms with E-state index in [1.54, 1.807) is 24.3 Å². The van der Waals surface area contributed by atoms with Gasteiger partial charge in [0.25, 0.3) is 5.91 Å². The number of phenols is 1. The molecule has 2 rings (SSSR count). The normalized spacial score (nSPS) is 10.3. The summed E-state index contributed by atoms with van der Waals surface area (Å²) in [6.45, 7) is 0. The molecular formula is C13H9Br2IN2O2. The Bertz CT molecular complexity index is 669. The fourth-order valence-electron chi connectivity index (χ4n) is 1.56. The van der Waals surface area contributed by atoms with E-state index in [2.05, 4.69) is 37.2 Å². The Morgan fingerprint density at radius 3 is 2.55 bits per heavy atom. The van der Waals surface area contributed by atoms with Crippen LogP contribution >= 0.6 is 54.5 Å². The Balaban J connectivity index is 2.30. The maximum absolute atomic E-state index is 12.2. The molecule has 7 heteroatoms. The monoisotopic (exact) mass is 510 g/mol. The van der Waals surface area contributed by atoms with Gasteiger partial charge in [-0.1, -0.05) is 15.9 Å². The summed E-state index contributed by atoms with van der Waals surface area (Å²) in [4.78, 5) is 12.2. The molecule has 0 saturated heterocycles. The number of benzene rings is 2. The quantitative estimate of drug-likeness (QED) is 0.414. The van der Waals surface area contributed by atoms with Crippen LogP contribution in [0.2, 0.25) is 0 Å². The summed E-state index contributed by atoms with van der Waals surface area (Å²) >= 11 is 8.66. The Labute approximate surface area is 146 Å². The van der Waals surface area contributed by atoms with Crippen molar-refractivity contribution in [3.63, 3.8) is 0 Å². The molecule has 104 valence electrons. The second-order valence-electron chi connectivity index (χ2n) is 3.97. The van der Waals surface area contributed by atoms with E-state index in [0.717, 1.165) is 4.47 Å². The van der Waals surface area contributed by atoms with Gasteiger partial charge in [0, 0.05) is 14.5 Å². The number of nitrogens with one attached hydrogen (secondary N) is 1. The van der Waals surface area contributed by atoms with Crippen LogP contribution in [0.4, 0.5) is 11.4 Å². The van der Waals surface area contributed by atoms with Crippen LogP contribution in [0.15, 0.2) is 39.3 Å². The van der Waals surface area contributed by atoms with Crippen molar-refractivity contribution in [1.82, 2.24) is 0 Å². The molecular weight excluding hydrogens is 503 g/mol. The van der Waals surface area contributed by atoms with Gasteiger partial charge in [0.1, 0.15) is 5.75 Å². The number of rotatable bonds is 2. The molecule has 2 aromatic rings. The highest BCUT2D eigenvalue weighted by Crippen LogP contribution is 2.33. The fraction of sp³-hybridized carbons (Fsp3) is 0. The Kier molecular flexibility index (Phi) is 4.92. The third-order valence-electron chi connectivity index (χ3n) is 2.53. The lowest BCUT2D eigenvalue weighted by molar-refractivity contribution is 0.102. The van der Waals surface area contributed by atoms with Gasteiger partial charge in [-0.3, -0.25) is 4.79 Å². The maximum Gasteiger partial charge on any atom is 0.255 e. The van der Waals surface area contributed by atoms with Crippen molar-refractivity contribution in [1.29, 1.82) is 0 Å². The van der Waals surface area contributed by atoms with Crippen molar-refractivity contribution in [2.75, 3.05) is 11.1 Å². The summed E-state index contributed by atoms with van der Waals surface area (Å²) in [6, 6.07) is 8.22. The van der Waals surface area contributed by atoms with Gasteiger partial charge in [-0.25, -0.2) is 0 Å². The smallest absolute Gasteiger partial charge is 0.255 e. The van der Waals surface area contributed by atoms with Gasteiger partial charge in [0.2, 0.25) is 0 Å². The molecule has 0 aliphatic rings. The average Bonchev–Trinajstić information content (AvgIpc) is 2.36. The first-order valence-corrected chi connectivity index (χ1v) is 8.09. The van der Waals surface area contributed by atoms with Gasteiger partial charge in [0.05, 0.1) is 14.9 Å². The summed E-state index contributed by atoms with van der Waals surface area (Å²) in [5, 5.41) is 12.4. The standard InChI is InChI=1S/C13H9Br2IN2O2/c14-7-4-8(15)12(10(17)5-7)18-13(20)6-1-2-9(16)11(19)3-6/h1-5,19H,17H2,(H,18,20). The second-order valence-corrected chi connectivity index (χ2v) is 6.90. The molecule has 0 fully saturated rings. The minimum Gasteiger partial charge on any atom is -0.507 e. The third kappa shape index (κ3) is 3.44. The van der Waals surface area contributed by atoms with Gasteiger partial charge >= 0.3 is 0 Å². The van der Waals surface area contributed by atoms with E-state index in [0.29, 0.717) is 25.0 Å². The molecule has 2 aromatic carbocycles. The number of carbonyl (C=O) groups is 1. The molecule has 0 aromatic heterocycles. The molecule has 4 nitrogen and oxygen atoms in total. The van der Waals surface area contributed by atoms with Crippen LogP contribution in [0.1, 0.15) is 10.4 Å². The molecule has 1 amide bonds. The topological polar surface area (TPSA) is 75.3 Å². The van der Waals surface area contributed by atoms with Crippen LogP contribution in [-0.2, 0) is 0 Å². The number of aromatic hydroxyl groups is 1. The number of nitrogens with two attached hydrogens (primary N) is 1. The van der Waals surface area contributed by atoms with Crippen molar-refractivity contribution in [2.24, 2.45) is 0 Å². The highest BCUT2D eigenvalue weighted by molar-refractivity contribution is 14.1. The predicted octanol–water partition coefficient (Wildman–Crippen LogP) is 4.36. The first kappa shape index (κ1) is 15.6. The largest absolute Gasteiger partial charge is 0.507 e. The molecule has 0 unspecified atom stereocenters. The van der Waals surface area contributed by atoms with Crippen molar-refractivity contribution in [2.45, 2.75) is 0 Å². The van der Waals surface area contributed by atoms with Crippen LogP contribution in [0.25, 0.3) is 0 Å². The van der Waals surface area contributed by atoms with Crippen molar-refractivity contribution in [3.8, 4) is 5.75 Å². The van der Waals surface area contributed by atoms with Gasteiger partial charge in [-0.05, 0) is 68.9 Å². The zero-order valence-electron chi connectivity index (χ0n) is 9.95. The SMILES string of the molecule is Nc1cc(Br)cc(Br)c1NC(=O)c1ccc(I)c(O)c1. The zero-order chi connectivity index (χ0) is 14.9. The molecule has 0 saturated carbocycles. The van der Waals surface area contributed by atoms with Crippen LogP contribution < -0.4 is 11.1 Å². The number of halogens is 3. The van der Waals surface area contributed by atoms with Gasteiger partial charge in [-0.15, -0.1) is 0 Å². The molecule has 0 atom stereocenters. The Morgan fingerprint density at radius 1 is 1.25 bits per heavy atom. The third-order valence-corrected chi connectivity index (χ3v) is 4.53. The maximum atomic E-state index is 12.2. The highest BCUT2D eigenvalue weighted by atomic mass is 127. The summed E-state index contributed by atoms with van der Waals surface area (Å²) in [5.41, 5.74) is 7.17. The van der Waals surface area contributed by atoms with Crippen LogP contribution in [-0.4, -0.2) is 11.0 Å². The van der Waals surface area contributed by atoms with E-state index >= 15 is 0 Å². The lowest BCUT2D eigenvalue weighted by atomic mass is 10.2. The van der Waals surface area contributed by atoms with Crippen LogP contribution in [0, 0.1) is 3.57 Å². The van der Waals surface area contributed by atoms with Gasteiger partial charge < -0.3 is 16.2 Å². The molecule has 0 radical (unpaired) electrons. The first-order chi connectivity index (χ1) is 9.38. The Morgan fingerprint density at radius 2 is 1.95 bits per heavy atom. The predicted molar refractivity (Wildman–Crippen MR) is 95.0 cm³/mol. The van der Waals surface area contributed by atoms with Crippen LogP contribution in [0.3, 0.4) is 0 Å². The molecule has 0 bridgehead atoms. The summed E-state index contributed by atoms with van der Waals surface area (Å²) in [5.74, 6) is -0.271. The minimum absolute atomic E-state index is 0.0705. The van der Waals surface area contributed by atoms with Crippen LogP contribution in [0.5, 0.6) is 5.75 Å².